The Morgan fingerprint density at radius 1 is 0.703 bits per heavy atom. The van der Waals surface area contributed by atoms with E-state index in [9.17, 15) is 9.59 Å². The molecule has 2 aliphatic heterocycles. The number of nitrogens with zero attached hydrogens (tertiary/aromatic N) is 9. The minimum absolute atomic E-state index is 0.173. The molecular weight excluding hydrogens is 1030 g/mol. The number of carbonyl (C=O) groups excluding carboxylic acids is 2. The third-order valence-corrected chi connectivity index (χ3v) is 13.5. The number of aromatic nitrogens is 6. The lowest BCUT2D eigenvalue weighted by Gasteiger charge is -2.35. The third-order valence-electron chi connectivity index (χ3n) is 10.9. The molecule has 377 valence electrons. The number of halogens is 3. The zero-order valence-electron chi connectivity index (χ0n) is 41.5. The number of β-amino-alcohol motifs (C(OH)–C–C–N with tert-alkyl or cyclic N) is 2. The van der Waals surface area contributed by atoms with Gasteiger partial charge in [0.15, 0.2) is 10.3 Å². The van der Waals surface area contributed by atoms with Crippen molar-refractivity contribution in [2.45, 2.75) is 27.7 Å². The van der Waals surface area contributed by atoms with Crippen LogP contribution in [0.25, 0.3) is 0 Å². The van der Waals surface area contributed by atoms with Crippen molar-refractivity contribution in [2.24, 2.45) is 0 Å². The lowest BCUT2D eigenvalue weighted by atomic mass is 8.76. The van der Waals surface area contributed by atoms with Crippen LogP contribution in [0.5, 0.6) is 0 Å². The van der Waals surface area contributed by atoms with Gasteiger partial charge in [-0.1, -0.05) is 81.7 Å². The summed E-state index contributed by atoms with van der Waals surface area (Å²) in [7, 11) is 21.6. The normalized spacial score (nSPS) is 13.4. The molecule has 0 unspecified atom stereocenters. The number of para-hydroxylation sites is 2. The lowest BCUT2D eigenvalue weighted by molar-refractivity contribution is 0.102. The summed E-state index contributed by atoms with van der Waals surface area (Å²) < 4.78 is 0. The summed E-state index contributed by atoms with van der Waals surface area (Å²) in [6.07, 6.45) is 2.10. The number of aliphatic hydroxyl groups excluding tert-OH is 2. The van der Waals surface area contributed by atoms with E-state index in [0.29, 0.717) is 83.0 Å². The summed E-state index contributed by atoms with van der Waals surface area (Å²) in [5.41, 5.74) is 2.97. The fourth-order valence-corrected chi connectivity index (χ4v) is 9.14. The van der Waals surface area contributed by atoms with Crippen molar-refractivity contribution in [2.75, 3.05) is 105 Å². The molecule has 0 bridgehead atoms. The number of anilines is 7. The topological polar surface area (TPSA) is 222 Å². The molecule has 0 atom stereocenters. The number of hydrogen-bond donors (Lipinski definition) is 7. The first kappa shape index (κ1) is 60.2. The molecule has 30 heteroatoms. The number of piperazine rings is 2. The number of thiazole rings is 2. The van der Waals surface area contributed by atoms with E-state index in [4.69, 9.17) is 76.0 Å². The Morgan fingerprint density at radius 3 is 1.61 bits per heavy atom. The average Bonchev–Trinajstić information content (AvgIpc) is 4.05. The molecule has 2 saturated heterocycles. The van der Waals surface area contributed by atoms with Crippen molar-refractivity contribution in [3.05, 3.63) is 109 Å². The van der Waals surface area contributed by atoms with Gasteiger partial charge in [-0.15, -0.1) is 0 Å². The first-order valence-electron chi connectivity index (χ1n) is 23.4. The third kappa shape index (κ3) is 19.5. The zero-order chi connectivity index (χ0) is 53.7. The lowest BCUT2D eigenvalue weighted by Crippen LogP contribution is -2.47. The highest BCUT2D eigenvalue weighted by Gasteiger charge is 2.20. The number of nitrogens with one attached hydrogen (secondary N) is 5. The van der Waals surface area contributed by atoms with E-state index in [0.717, 1.165) is 75.8 Å². The Morgan fingerprint density at radius 2 is 1.18 bits per heavy atom. The molecule has 18 nitrogen and oxygen atoms in total. The fraction of sp³-hybridized carbons (Fsp3) is 0.364. The first-order chi connectivity index (χ1) is 35.5. The molecule has 0 aliphatic carbocycles. The second kappa shape index (κ2) is 30.8. The number of rotatable bonds is 15. The number of carbonyl (C=O) groups is 2. The van der Waals surface area contributed by atoms with Crippen LogP contribution in [0.3, 0.4) is 0 Å². The predicted octanol–water partition coefficient (Wildman–Crippen LogP) is 4.38. The number of aryl methyl sites for hydroxylation is 4. The van der Waals surface area contributed by atoms with Gasteiger partial charge in [0.25, 0.3) is 11.8 Å². The van der Waals surface area contributed by atoms with Gasteiger partial charge in [0.2, 0.25) is 0 Å². The molecule has 2 amide bonds. The standard InChI is InChI=1S/C22H26ClN7O2S.C16H13Cl2N5OS.C6H14N2O.B7/c1-14-4-3-5-16(23)20(14)28-21(32)17-13-24-22(33-17)27-18-12-19(26-15(2)25-18)30-8-6-29(7-9-30)10-11-31;1-8-4-3-5-10(17)14(8)23-15(24)11-7-19-16(25-11)22-13-6-12(18)20-9(2)21-13;9-6-5-8-3-1-7-2-4-8;1-5-7(4)6(2)3/h3-5,12-13,31H,6-11H2,1-2H3,(H,28,32)(H,24,25,26,27);3-7H,1-2H3,(H,23,24)(H,19,20,21,22);7,9H,1-6H2;. The monoisotopic (exact) mass is 1090 g/mol. The highest BCUT2D eigenvalue weighted by Crippen LogP contribution is 2.30. The van der Waals surface area contributed by atoms with Crippen LogP contribution in [0.1, 0.15) is 42.1 Å². The van der Waals surface area contributed by atoms with Crippen LogP contribution in [-0.4, -0.2) is 191 Å². The van der Waals surface area contributed by atoms with E-state index in [-0.39, 0.29) is 24.8 Å². The fourth-order valence-electron chi connectivity index (χ4n) is 6.94. The number of hydrogen-bond acceptors (Lipinski definition) is 18. The second-order valence-corrected chi connectivity index (χ2v) is 19.8. The molecule has 9 radical (unpaired) electrons. The number of amides is 2. The van der Waals surface area contributed by atoms with Gasteiger partial charge in [-0.3, -0.25) is 19.4 Å². The van der Waals surface area contributed by atoms with Crippen LogP contribution in [0.4, 0.5) is 39.1 Å². The summed E-state index contributed by atoms with van der Waals surface area (Å²) in [6.45, 7) is 17.1. The zero-order valence-corrected chi connectivity index (χ0v) is 45.4. The Labute approximate surface area is 462 Å². The van der Waals surface area contributed by atoms with Crippen molar-refractivity contribution in [3.8, 4) is 0 Å². The summed E-state index contributed by atoms with van der Waals surface area (Å²) in [6, 6.07) is 14.4. The van der Waals surface area contributed by atoms with Gasteiger partial charge in [0, 0.05) is 128 Å². The Balaban J connectivity index is 0.000000215. The van der Waals surface area contributed by atoms with Gasteiger partial charge in [0.05, 0.1) is 47.0 Å². The molecule has 74 heavy (non-hydrogen) atoms. The van der Waals surface area contributed by atoms with Gasteiger partial charge < -0.3 is 41.7 Å². The average molecular weight is 1090 g/mol. The molecule has 2 aromatic carbocycles. The largest absolute Gasteiger partial charge is 0.395 e. The van der Waals surface area contributed by atoms with Gasteiger partial charge in [-0.2, -0.15) is 0 Å². The van der Waals surface area contributed by atoms with Gasteiger partial charge >= 0.3 is 0 Å². The van der Waals surface area contributed by atoms with Crippen LogP contribution in [0.2, 0.25) is 15.2 Å². The summed E-state index contributed by atoms with van der Waals surface area (Å²) >= 11 is 20.7. The summed E-state index contributed by atoms with van der Waals surface area (Å²) in [5, 5.41) is 35.2. The van der Waals surface area contributed by atoms with E-state index >= 15 is 0 Å². The molecule has 6 heterocycles. The SMILES string of the molecule is Cc1nc(Cl)cc(Nc2ncc(C(=O)Nc3c(C)cccc3Cl)s2)n1.Cc1nc(Nc2ncc(C(=O)Nc3c(C)cccc3Cl)s2)cc(N2CCN(CCO)CC2)n1.OCCN1CCNCC1.[B][B]B([B])B([B])[B]. The van der Waals surface area contributed by atoms with Crippen molar-refractivity contribution in [1.82, 2.24) is 45.0 Å². The van der Waals surface area contributed by atoms with E-state index in [1.54, 1.807) is 25.1 Å². The Hall–Kier alpha value is -4.68. The molecule has 0 saturated carbocycles. The number of aliphatic hydroxyl groups is 2. The van der Waals surface area contributed by atoms with Crippen LogP contribution in [0.15, 0.2) is 60.9 Å². The van der Waals surface area contributed by atoms with Gasteiger partial charge in [-0.05, 0) is 51.0 Å². The molecule has 4 aromatic heterocycles. The molecule has 8 rings (SSSR count). The van der Waals surface area contributed by atoms with Crippen LogP contribution >= 0.6 is 57.5 Å². The highest BCUT2D eigenvalue weighted by atomic mass is 35.5. The van der Waals surface area contributed by atoms with Crippen molar-refractivity contribution in [3.63, 3.8) is 0 Å². The van der Waals surface area contributed by atoms with Crippen molar-refractivity contribution < 1.29 is 19.8 Å². The summed E-state index contributed by atoms with van der Waals surface area (Å²) in [5.74, 6) is 2.63. The molecule has 2 fully saturated rings. The van der Waals surface area contributed by atoms with Crippen molar-refractivity contribution in [1.29, 1.82) is 0 Å². The van der Waals surface area contributed by atoms with E-state index < -0.39 is 6.39 Å². The smallest absolute Gasteiger partial charge is 0.267 e. The van der Waals surface area contributed by atoms with Crippen LogP contribution in [0, 0.1) is 27.7 Å². The maximum absolute atomic E-state index is 12.7. The maximum Gasteiger partial charge on any atom is 0.267 e. The van der Waals surface area contributed by atoms with E-state index in [1.807, 2.05) is 51.1 Å². The van der Waals surface area contributed by atoms with E-state index in [2.05, 4.69) is 71.2 Å². The van der Waals surface area contributed by atoms with Crippen LogP contribution in [-0.2, 0) is 0 Å². The number of benzene rings is 2. The summed E-state index contributed by atoms with van der Waals surface area (Å²) in [4.78, 5) is 58.5. The molecule has 7 N–H and O–H groups in total. The van der Waals surface area contributed by atoms with Crippen LogP contribution < -0.4 is 31.5 Å². The van der Waals surface area contributed by atoms with E-state index in [1.165, 1.54) is 42.1 Å². The van der Waals surface area contributed by atoms with Gasteiger partial charge in [0.1, 0.15) is 44.0 Å². The molecule has 6 aromatic rings. The molecule has 2 aliphatic rings. The Kier molecular flexibility index (Phi) is 25.0. The minimum atomic E-state index is -0.537. The molecular formula is C44H53B7Cl3N14O4S2. The maximum atomic E-state index is 12.7. The highest BCUT2D eigenvalue weighted by molar-refractivity contribution is 7.81. The Bertz CT molecular complexity index is 2680. The minimum Gasteiger partial charge on any atom is -0.395 e. The van der Waals surface area contributed by atoms with Crippen molar-refractivity contribution >= 4 is 159 Å². The second-order valence-electron chi connectivity index (χ2n) is 16.6. The first-order valence-corrected chi connectivity index (χ1v) is 26.1. The van der Waals surface area contributed by atoms with Gasteiger partial charge in [-0.25, -0.2) is 29.9 Å². The molecule has 0 spiro atoms. The predicted molar refractivity (Wildman–Crippen MR) is 310 cm³/mol. The quantitative estimate of drug-likeness (QED) is 0.0560.